The third kappa shape index (κ3) is 3.06. The number of benzene rings is 1. The van der Waals surface area contributed by atoms with Crippen LogP contribution < -0.4 is 5.73 Å². The monoisotopic (exact) mass is 279 g/mol. The molecule has 1 aliphatic rings. The summed E-state index contributed by atoms with van der Waals surface area (Å²) in [6.07, 6.45) is 7.21. The molecule has 0 saturated carbocycles. The van der Waals surface area contributed by atoms with Crippen LogP contribution in [0.1, 0.15) is 54.9 Å². The highest BCUT2D eigenvalue weighted by atomic mass is 19.1. The average Bonchev–Trinajstić information content (AvgIpc) is 2.38. The number of primary amides is 1. The molecule has 0 heterocycles. The first-order valence-electron chi connectivity index (χ1n) is 7.01. The maximum Gasteiger partial charge on any atom is 0.254 e. The first-order valence-corrected chi connectivity index (χ1v) is 7.01. The van der Waals surface area contributed by atoms with Gasteiger partial charge < -0.3 is 5.73 Å². The van der Waals surface area contributed by atoms with E-state index in [-0.39, 0.29) is 0 Å². The first kappa shape index (κ1) is 14.7. The molecule has 2 rings (SSSR count). The van der Waals surface area contributed by atoms with Crippen molar-refractivity contribution in [2.75, 3.05) is 0 Å². The number of hydrogen-bond acceptors (Lipinski definition) is 1. The van der Waals surface area contributed by atoms with E-state index in [1.807, 2.05) is 0 Å². The van der Waals surface area contributed by atoms with E-state index in [1.54, 1.807) is 0 Å². The Bertz CT molecular complexity index is 528. The summed E-state index contributed by atoms with van der Waals surface area (Å²) in [4.78, 5) is 11.0. The highest BCUT2D eigenvalue weighted by Gasteiger charge is 2.19. The van der Waals surface area contributed by atoms with Gasteiger partial charge in [-0.15, -0.1) is 0 Å². The van der Waals surface area contributed by atoms with E-state index >= 15 is 0 Å². The zero-order chi connectivity index (χ0) is 14.7. The Hall–Kier alpha value is -1.71. The van der Waals surface area contributed by atoms with E-state index in [2.05, 4.69) is 13.0 Å². The van der Waals surface area contributed by atoms with E-state index in [1.165, 1.54) is 18.6 Å². The Kier molecular flexibility index (Phi) is 4.53. The molecule has 1 aromatic rings. The minimum atomic E-state index is -1.08. The van der Waals surface area contributed by atoms with Crippen molar-refractivity contribution >= 4 is 11.5 Å². The highest BCUT2D eigenvalue weighted by Crippen LogP contribution is 2.33. The highest BCUT2D eigenvalue weighted by molar-refractivity contribution is 5.93. The molecule has 0 bridgehead atoms. The molecule has 0 radical (unpaired) electrons. The fraction of sp³-hybridized carbons (Fsp3) is 0.438. The molecule has 108 valence electrons. The van der Waals surface area contributed by atoms with Gasteiger partial charge >= 0.3 is 0 Å². The summed E-state index contributed by atoms with van der Waals surface area (Å²) < 4.78 is 27.5. The Morgan fingerprint density at radius 3 is 2.45 bits per heavy atom. The van der Waals surface area contributed by atoms with Crippen LogP contribution in [0.25, 0.3) is 5.57 Å². The fourth-order valence-electron chi connectivity index (χ4n) is 2.82. The minimum Gasteiger partial charge on any atom is -0.365 e. The lowest BCUT2D eigenvalue weighted by Gasteiger charge is -2.21. The molecular weight excluding hydrogens is 260 g/mol. The zero-order valence-corrected chi connectivity index (χ0v) is 11.6. The molecule has 1 atom stereocenters. The molecule has 20 heavy (non-hydrogen) atoms. The summed E-state index contributed by atoms with van der Waals surface area (Å²) in [6, 6.07) is 2.41. The van der Waals surface area contributed by atoms with Gasteiger partial charge in [-0.3, -0.25) is 4.79 Å². The zero-order valence-electron chi connectivity index (χ0n) is 11.6. The lowest BCUT2D eigenvalue weighted by molar-refractivity contribution is 0.0992. The molecule has 1 aromatic carbocycles. The Labute approximate surface area is 117 Å². The van der Waals surface area contributed by atoms with Gasteiger partial charge in [0, 0.05) is 0 Å². The van der Waals surface area contributed by atoms with Gasteiger partial charge in [0.2, 0.25) is 0 Å². The molecule has 0 aliphatic heterocycles. The fourth-order valence-corrected chi connectivity index (χ4v) is 2.82. The SMILES string of the molecule is CCCC1CC=C(c2cc(F)c(C(N)=O)c(F)c2)CC1. The Morgan fingerprint density at radius 1 is 1.35 bits per heavy atom. The minimum absolute atomic E-state index is 0.514. The standard InChI is InChI=1S/C16H19F2NO/c1-2-3-10-4-6-11(7-5-10)12-8-13(17)15(16(19)20)14(18)9-12/h6,8-10H,2-5,7H2,1H3,(H2,19,20). The topological polar surface area (TPSA) is 43.1 Å². The molecule has 2 nitrogen and oxygen atoms in total. The molecular formula is C16H19F2NO. The molecule has 2 N–H and O–H groups in total. The van der Waals surface area contributed by atoms with Crippen LogP contribution in [0.5, 0.6) is 0 Å². The van der Waals surface area contributed by atoms with Gasteiger partial charge in [-0.05, 0) is 48.4 Å². The molecule has 0 saturated heterocycles. The summed E-state index contributed by atoms with van der Waals surface area (Å²) in [5.74, 6) is -2.18. The van der Waals surface area contributed by atoms with Crippen LogP contribution >= 0.6 is 0 Å². The third-order valence-corrected chi connectivity index (χ3v) is 3.88. The summed E-state index contributed by atoms with van der Waals surface area (Å²) >= 11 is 0. The molecule has 4 heteroatoms. The lowest BCUT2D eigenvalue weighted by atomic mass is 9.84. The number of rotatable bonds is 4. The van der Waals surface area contributed by atoms with Crippen LogP contribution in [0.3, 0.4) is 0 Å². The lowest BCUT2D eigenvalue weighted by Crippen LogP contribution is -2.16. The summed E-state index contributed by atoms with van der Waals surface area (Å²) in [5.41, 5.74) is 5.77. The van der Waals surface area contributed by atoms with Crippen molar-refractivity contribution in [3.63, 3.8) is 0 Å². The quantitative estimate of drug-likeness (QED) is 0.887. The second kappa shape index (κ2) is 6.16. The third-order valence-electron chi connectivity index (χ3n) is 3.88. The maximum atomic E-state index is 13.7. The predicted octanol–water partition coefficient (Wildman–Crippen LogP) is 4.05. The number of hydrogen-bond donors (Lipinski definition) is 1. The van der Waals surface area contributed by atoms with Gasteiger partial charge in [0.1, 0.15) is 17.2 Å². The van der Waals surface area contributed by atoms with Gasteiger partial charge in [0.25, 0.3) is 5.91 Å². The van der Waals surface area contributed by atoms with Crippen molar-refractivity contribution in [1.82, 2.24) is 0 Å². The van der Waals surface area contributed by atoms with Gasteiger partial charge in [-0.25, -0.2) is 8.78 Å². The predicted molar refractivity (Wildman–Crippen MR) is 75.1 cm³/mol. The van der Waals surface area contributed by atoms with E-state index in [0.29, 0.717) is 11.5 Å². The van der Waals surface area contributed by atoms with Crippen LogP contribution in [-0.2, 0) is 0 Å². The van der Waals surface area contributed by atoms with Crippen LogP contribution in [-0.4, -0.2) is 5.91 Å². The van der Waals surface area contributed by atoms with Crippen LogP contribution in [0, 0.1) is 17.6 Å². The molecule has 0 fully saturated rings. The van der Waals surface area contributed by atoms with Gasteiger partial charge in [-0.1, -0.05) is 25.8 Å². The van der Waals surface area contributed by atoms with Crippen molar-refractivity contribution in [2.45, 2.75) is 39.0 Å². The second-order valence-electron chi connectivity index (χ2n) is 5.34. The van der Waals surface area contributed by atoms with E-state index < -0.39 is 23.1 Å². The average molecular weight is 279 g/mol. The van der Waals surface area contributed by atoms with Crippen molar-refractivity contribution in [3.8, 4) is 0 Å². The molecule has 0 aromatic heterocycles. The first-order chi connectivity index (χ1) is 9.52. The normalized spacial score (nSPS) is 18.8. The van der Waals surface area contributed by atoms with E-state index in [4.69, 9.17) is 5.73 Å². The van der Waals surface area contributed by atoms with Crippen molar-refractivity contribution in [3.05, 3.63) is 41.0 Å². The number of nitrogens with two attached hydrogens (primary N) is 1. The summed E-state index contributed by atoms with van der Waals surface area (Å²) in [5, 5.41) is 0. The molecule has 1 unspecified atom stereocenters. The molecule has 1 aliphatic carbocycles. The number of carbonyl (C=O) groups excluding carboxylic acids is 1. The maximum absolute atomic E-state index is 13.7. The summed E-state index contributed by atoms with van der Waals surface area (Å²) in [6.45, 7) is 2.16. The van der Waals surface area contributed by atoms with Gasteiger partial charge in [-0.2, -0.15) is 0 Å². The van der Waals surface area contributed by atoms with Crippen LogP contribution in [0.2, 0.25) is 0 Å². The number of halogens is 2. The number of amides is 1. The number of carbonyl (C=O) groups is 1. The van der Waals surface area contributed by atoms with Crippen molar-refractivity contribution < 1.29 is 13.6 Å². The van der Waals surface area contributed by atoms with Crippen molar-refractivity contribution in [2.24, 2.45) is 11.7 Å². The molecule has 0 spiro atoms. The smallest absolute Gasteiger partial charge is 0.254 e. The van der Waals surface area contributed by atoms with Crippen LogP contribution in [0.15, 0.2) is 18.2 Å². The van der Waals surface area contributed by atoms with Crippen LogP contribution in [0.4, 0.5) is 8.78 Å². The van der Waals surface area contributed by atoms with E-state index in [0.717, 1.165) is 31.3 Å². The largest absolute Gasteiger partial charge is 0.365 e. The second-order valence-corrected chi connectivity index (χ2v) is 5.34. The summed E-state index contributed by atoms with van der Waals surface area (Å²) in [7, 11) is 0. The van der Waals surface area contributed by atoms with Crippen molar-refractivity contribution in [1.29, 1.82) is 0 Å². The Balaban J connectivity index is 2.25. The number of allylic oxidation sites excluding steroid dienone is 2. The Morgan fingerprint density at radius 2 is 2.00 bits per heavy atom. The van der Waals surface area contributed by atoms with Gasteiger partial charge in [0.15, 0.2) is 0 Å². The van der Waals surface area contributed by atoms with E-state index in [9.17, 15) is 13.6 Å². The molecule has 1 amide bonds. The van der Waals surface area contributed by atoms with Gasteiger partial charge in [0.05, 0.1) is 0 Å².